The van der Waals surface area contributed by atoms with Crippen molar-refractivity contribution in [3.63, 3.8) is 0 Å². The SMILES string of the molecule is O=C(C1CN1)C(F)(F)F. The minimum Gasteiger partial charge on any atom is -0.304 e. The van der Waals surface area contributed by atoms with Gasteiger partial charge in [0.2, 0.25) is 0 Å². The van der Waals surface area contributed by atoms with Crippen molar-refractivity contribution in [1.29, 1.82) is 0 Å². The largest absolute Gasteiger partial charge is 0.451 e. The van der Waals surface area contributed by atoms with Gasteiger partial charge in [0.15, 0.2) is 0 Å². The van der Waals surface area contributed by atoms with Crippen LogP contribution in [-0.2, 0) is 4.79 Å². The molecule has 9 heavy (non-hydrogen) atoms. The Balaban J connectivity index is 2.50. The van der Waals surface area contributed by atoms with Crippen LogP contribution in [0.25, 0.3) is 0 Å². The lowest BCUT2D eigenvalue weighted by atomic mass is 10.3. The summed E-state index contributed by atoms with van der Waals surface area (Å²) in [5, 5.41) is 2.27. The van der Waals surface area contributed by atoms with Gasteiger partial charge in [-0.25, -0.2) is 0 Å². The molecule has 0 radical (unpaired) electrons. The molecule has 1 aliphatic rings. The number of hydrogen-bond acceptors (Lipinski definition) is 2. The van der Waals surface area contributed by atoms with Crippen molar-refractivity contribution in [2.24, 2.45) is 0 Å². The summed E-state index contributed by atoms with van der Waals surface area (Å²) < 4.78 is 34.1. The average Bonchev–Trinajstić information content (AvgIpc) is 2.40. The molecule has 0 aromatic carbocycles. The number of alkyl halides is 3. The lowest BCUT2D eigenvalue weighted by Crippen LogP contribution is -2.28. The van der Waals surface area contributed by atoms with Gasteiger partial charge in [-0.15, -0.1) is 0 Å². The summed E-state index contributed by atoms with van der Waals surface area (Å²) >= 11 is 0. The maximum atomic E-state index is 11.4. The number of hydrogen-bond donors (Lipinski definition) is 1. The van der Waals surface area contributed by atoms with E-state index in [9.17, 15) is 18.0 Å². The monoisotopic (exact) mass is 139 g/mol. The van der Waals surface area contributed by atoms with Crippen molar-refractivity contribution in [1.82, 2.24) is 5.32 Å². The molecule has 1 unspecified atom stereocenters. The Morgan fingerprint density at radius 3 is 2.11 bits per heavy atom. The smallest absolute Gasteiger partial charge is 0.304 e. The van der Waals surface area contributed by atoms with Gasteiger partial charge in [0.1, 0.15) is 0 Å². The van der Waals surface area contributed by atoms with Crippen LogP contribution in [0.1, 0.15) is 0 Å². The van der Waals surface area contributed by atoms with Gasteiger partial charge in [0, 0.05) is 6.54 Å². The predicted molar refractivity (Wildman–Crippen MR) is 22.9 cm³/mol. The number of carbonyl (C=O) groups excluding carboxylic acids is 1. The number of carbonyl (C=O) groups is 1. The average molecular weight is 139 g/mol. The highest BCUT2D eigenvalue weighted by Gasteiger charge is 2.47. The van der Waals surface area contributed by atoms with Gasteiger partial charge in [0.05, 0.1) is 6.04 Å². The van der Waals surface area contributed by atoms with Gasteiger partial charge in [-0.05, 0) is 0 Å². The molecule has 0 bridgehead atoms. The summed E-state index contributed by atoms with van der Waals surface area (Å²) in [7, 11) is 0. The van der Waals surface area contributed by atoms with E-state index in [2.05, 4.69) is 5.32 Å². The van der Waals surface area contributed by atoms with Crippen LogP contribution in [0.2, 0.25) is 0 Å². The molecule has 1 atom stereocenters. The number of nitrogens with one attached hydrogen (secondary N) is 1. The summed E-state index contributed by atoms with van der Waals surface area (Å²) in [6.07, 6.45) is -4.66. The fourth-order valence-corrected chi connectivity index (χ4v) is 0.442. The number of Topliss-reactive ketones (excluding diaryl/α,β-unsaturated/α-hetero) is 1. The molecular weight excluding hydrogens is 135 g/mol. The topological polar surface area (TPSA) is 39.0 Å². The first-order valence-electron chi connectivity index (χ1n) is 2.36. The quantitative estimate of drug-likeness (QED) is 0.523. The highest BCUT2D eigenvalue weighted by atomic mass is 19.4. The Morgan fingerprint density at radius 2 is 2.00 bits per heavy atom. The van der Waals surface area contributed by atoms with Gasteiger partial charge < -0.3 is 5.32 Å². The number of halogens is 3. The summed E-state index contributed by atoms with van der Waals surface area (Å²) in [5.41, 5.74) is 0. The van der Waals surface area contributed by atoms with E-state index in [4.69, 9.17) is 0 Å². The molecule has 1 aliphatic heterocycles. The second kappa shape index (κ2) is 1.70. The normalized spacial score (nSPS) is 25.9. The summed E-state index contributed by atoms with van der Waals surface area (Å²) in [5.74, 6) is -1.66. The maximum absolute atomic E-state index is 11.4. The third kappa shape index (κ3) is 1.41. The number of rotatable bonds is 1. The van der Waals surface area contributed by atoms with Crippen LogP contribution >= 0.6 is 0 Å². The highest BCUT2D eigenvalue weighted by Crippen LogP contribution is 2.20. The van der Waals surface area contributed by atoms with Gasteiger partial charge in [-0.3, -0.25) is 4.79 Å². The van der Waals surface area contributed by atoms with Crippen molar-refractivity contribution in [3.05, 3.63) is 0 Å². The Kier molecular flexibility index (Phi) is 1.23. The molecule has 1 rings (SSSR count). The van der Waals surface area contributed by atoms with E-state index in [1.807, 2.05) is 0 Å². The second-order valence-electron chi connectivity index (χ2n) is 1.82. The van der Waals surface area contributed by atoms with Gasteiger partial charge in [-0.2, -0.15) is 13.2 Å². The molecule has 0 spiro atoms. The summed E-state index contributed by atoms with van der Waals surface area (Å²) in [6.45, 7) is 0.165. The van der Waals surface area contributed by atoms with Gasteiger partial charge in [-0.1, -0.05) is 0 Å². The van der Waals surface area contributed by atoms with E-state index < -0.39 is 18.0 Å². The molecule has 2 nitrogen and oxygen atoms in total. The van der Waals surface area contributed by atoms with Crippen LogP contribution in [0, 0.1) is 0 Å². The van der Waals surface area contributed by atoms with Crippen LogP contribution in [0.15, 0.2) is 0 Å². The third-order valence-corrected chi connectivity index (χ3v) is 1.00. The zero-order valence-electron chi connectivity index (χ0n) is 4.33. The first kappa shape index (κ1) is 6.54. The number of ketones is 1. The highest BCUT2D eigenvalue weighted by molar-refractivity contribution is 5.91. The molecule has 52 valence electrons. The van der Waals surface area contributed by atoms with Crippen LogP contribution in [0.3, 0.4) is 0 Å². The molecule has 1 saturated heterocycles. The molecule has 1 heterocycles. The fraction of sp³-hybridized carbons (Fsp3) is 0.750. The molecule has 0 aromatic heterocycles. The van der Waals surface area contributed by atoms with Gasteiger partial charge in [0.25, 0.3) is 5.78 Å². The molecular formula is C4H4F3NO. The molecule has 1 fully saturated rings. The van der Waals surface area contributed by atoms with E-state index in [0.29, 0.717) is 0 Å². The van der Waals surface area contributed by atoms with Crippen molar-refractivity contribution in [3.8, 4) is 0 Å². The molecule has 0 saturated carbocycles. The van der Waals surface area contributed by atoms with Crippen LogP contribution in [0.5, 0.6) is 0 Å². The minimum atomic E-state index is -4.66. The third-order valence-electron chi connectivity index (χ3n) is 1.00. The molecule has 0 aromatic rings. The van der Waals surface area contributed by atoms with Crippen molar-refractivity contribution in [2.75, 3.05) is 6.54 Å². The van der Waals surface area contributed by atoms with Crippen LogP contribution < -0.4 is 5.32 Å². The zero-order chi connectivity index (χ0) is 7.07. The lowest BCUT2D eigenvalue weighted by molar-refractivity contribution is -0.170. The van der Waals surface area contributed by atoms with E-state index in [1.54, 1.807) is 0 Å². The molecule has 1 N–H and O–H groups in total. The first-order valence-corrected chi connectivity index (χ1v) is 2.36. The Hall–Kier alpha value is -0.580. The zero-order valence-corrected chi connectivity index (χ0v) is 4.33. The molecule has 0 aliphatic carbocycles. The Morgan fingerprint density at radius 1 is 1.56 bits per heavy atom. The maximum Gasteiger partial charge on any atom is 0.451 e. The van der Waals surface area contributed by atoms with E-state index >= 15 is 0 Å². The minimum absolute atomic E-state index is 0.165. The first-order chi connectivity index (χ1) is 4.02. The lowest BCUT2D eigenvalue weighted by Gasteiger charge is -2.00. The van der Waals surface area contributed by atoms with Crippen LogP contribution in [-0.4, -0.2) is 24.5 Å². The fourth-order valence-electron chi connectivity index (χ4n) is 0.442. The summed E-state index contributed by atoms with van der Waals surface area (Å²) in [6, 6.07) is -0.954. The predicted octanol–water partition coefficient (Wildman–Crippen LogP) is 0.0896. The van der Waals surface area contributed by atoms with E-state index in [1.165, 1.54) is 0 Å². The summed E-state index contributed by atoms with van der Waals surface area (Å²) in [4.78, 5) is 10.0. The van der Waals surface area contributed by atoms with Crippen LogP contribution in [0.4, 0.5) is 13.2 Å². The second-order valence-corrected chi connectivity index (χ2v) is 1.82. The standard InChI is InChI=1S/C4H4F3NO/c5-4(6,7)3(9)2-1-8-2/h2,8H,1H2. The Labute approximate surface area is 49.0 Å². The van der Waals surface area contributed by atoms with Gasteiger partial charge >= 0.3 is 6.18 Å². The van der Waals surface area contributed by atoms with Crippen molar-refractivity contribution in [2.45, 2.75) is 12.2 Å². The molecule has 0 amide bonds. The van der Waals surface area contributed by atoms with E-state index in [0.717, 1.165) is 0 Å². The van der Waals surface area contributed by atoms with Crippen molar-refractivity contribution >= 4 is 5.78 Å². The molecule has 5 heteroatoms. The van der Waals surface area contributed by atoms with E-state index in [-0.39, 0.29) is 6.54 Å². The Bertz CT molecular complexity index is 137. The van der Waals surface area contributed by atoms with Crippen molar-refractivity contribution < 1.29 is 18.0 Å².